The Balaban J connectivity index is 2.28. The molecule has 0 aliphatic rings. The van der Waals surface area contributed by atoms with Crippen LogP contribution in [0.2, 0.25) is 0 Å². The van der Waals surface area contributed by atoms with Gasteiger partial charge in [-0.25, -0.2) is 4.98 Å². The van der Waals surface area contributed by atoms with Crippen LogP contribution in [0.3, 0.4) is 0 Å². The third-order valence-electron chi connectivity index (χ3n) is 3.43. The Morgan fingerprint density at radius 1 is 1.29 bits per heavy atom. The van der Waals surface area contributed by atoms with Crippen LogP contribution < -0.4 is 10.2 Å². The predicted molar refractivity (Wildman–Crippen MR) is 83.9 cm³/mol. The molecular formula is C16H21N3O2. The molecule has 1 aromatic heterocycles. The van der Waals surface area contributed by atoms with Crippen LogP contribution in [-0.2, 0) is 0 Å². The first-order valence-electron chi connectivity index (χ1n) is 6.97. The molecule has 0 bridgehead atoms. The predicted octanol–water partition coefficient (Wildman–Crippen LogP) is 3.39. The van der Waals surface area contributed by atoms with Crippen molar-refractivity contribution in [1.29, 1.82) is 0 Å². The van der Waals surface area contributed by atoms with Crippen molar-refractivity contribution in [1.82, 2.24) is 4.98 Å². The summed E-state index contributed by atoms with van der Waals surface area (Å²) in [6, 6.07) is 8.05. The Hall–Kier alpha value is -2.30. The zero-order valence-electron chi connectivity index (χ0n) is 13.1. The van der Waals surface area contributed by atoms with Crippen LogP contribution >= 0.6 is 0 Å². The van der Waals surface area contributed by atoms with E-state index in [-0.39, 0.29) is 5.91 Å². The number of hydrogen-bond acceptors (Lipinski definition) is 4. The monoisotopic (exact) mass is 287 g/mol. The molecule has 0 saturated carbocycles. The highest BCUT2D eigenvalue weighted by atomic mass is 16.4. The Bertz CT molecular complexity index is 647. The van der Waals surface area contributed by atoms with E-state index in [4.69, 9.17) is 4.42 Å². The van der Waals surface area contributed by atoms with Crippen LogP contribution in [-0.4, -0.2) is 24.0 Å². The maximum absolute atomic E-state index is 12.3. The number of amides is 1. The highest BCUT2D eigenvalue weighted by Gasteiger charge is 2.18. The first-order chi connectivity index (χ1) is 9.90. The number of aryl methyl sites for hydroxylation is 2. The van der Waals surface area contributed by atoms with Gasteiger partial charge in [-0.3, -0.25) is 4.79 Å². The molecule has 112 valence electrons. The number of carbonyl (C=O) groups excluding carboxylic acids is 1. The summed E-state index contributed by atoms with van der Waals surface area (Å²) in [6.45, 7) is 7.67. The second kappa shape index (κ2) is 5.99. The number of aromatic nitrogens is 1. The van der Waals surface area contributed by atoms with Crippen molar-refractivity contribution in [3.63, 3.8) is 0 Å². The van der Waals surface area contributed by atoms with Crippen molar-refractivity contribution in [2.75, 3.05) is 17.3 Å². The molecule has 0 fully saturated rings. The van der Waals surface area contributed by atoms with Crippen LogP contribution in [0, 0.1) is 13.8 Å². The topological polar surface area (TPSA) is 58.4 Å². The second-order valence-electron chi connectivity index (χ2n) is 5.31. The van der Waals surface area contributed by atoms with Gasteiger partial charge in [0.15, 0.2) is 11.6 Å². The fourth-order valence-electron chi connectivity index (χ4n) is 2.09. The van der Waals surface area contributed by atoms with Gasteiger partial charge in [0, 0.05) is 20.0 Å². The highest BCUT2D eigenvalue weighted by molar-refractivity contribution is 6.05. The number of benzene rings is 1. The molecule has 5 heteroatoms. The minimum absolute atomic E-state index is 0.256. The smallest absolute Gasteiger partial charge is 0.277 e. The Kier molecular flexibility index (Phi) is 4.31. The van der Waals surface area contributed by atoms with Gasteiger partial charge in [-0.2, -0.15) is 0 Å². The Morgan fingerprint density at radius 3 is 2.52 bits per heavy atom. The van der Waals surface area contributed by atoms with Gasteiger partial charge in [0.05, 0.1) is 11.4 Å². The molecule has 0 unspecified atom stereocenters. The zero-order chi connectivity index (χ0) is 15.6. The van der Waals surface area contributed by atoms with Crippen molar-refractivity contribution in [3.05, 3.63) is 41.6 Å². The van der Waals surface area contributed by atoms with E-state index in [9.17, 15) is 4.79 Å². The van der Waals surface area contributed by atoms with Gasteiger partial charge in [-0.15, -0.1) is 0 Å². The maximum atomic E-state index is 12.3. The maximum Gasteiger partial charge on any atom is 0.277 e. The molecule has 0 spiro atoms. The van der Waals surface area contributed by atoms with Crippen molar-refractivity contribution in [2.24, 2.45) is 0 Å². The number of hydrogen-bond donors (Lipinski definition) is 1. The molecule has 0 aliphatic heterocycles. The first kappa shape index (κ1) is 15.1. The average molecular weight is 287 g/mol. The third-order valence-corrected chi connectivity index (χ3v) is 3.43. The van der Waals surface area contributed by atoms with Gasteiger partial charge in [0.1, 0.15) is 5.76 Å². The number of oxazole rings is 1. The highest BCUT2D eigenvalue weighted by Crippen LogP contribution is 2.26. The Morgan fingerprint density at radius 2 is 1.95 bits per heavy atom. The summed E-state index contributed by atoms with van der Waals surface area (Å²) >= 11 is 0. The molecule has 0 aliphatic carbocycles. The number of nitrogens with zero attached hydrogens (tertiary/aromatic N) is 2. The first-order valence-corrected chi connectivity index (χ1v) is 6.97. The summed E-state index contributed by atoms with van der Waals surface area (Å²) in [4.78, 5) is 18.6. The average Bonchev–Trinajstić information content (AvgIpc) is 2.77. The zero-order valence-corrected chi connectivity index (χ0v) is 13.1. The summed E-state index contributed by atoms with van der Waals surface area (Å²) in [5.74, 6) is 0.763. The molecule has 1 amide bonds. The van der Waals surface area contributed by atoms with E-state index in [1.807, 2.05) is 31.3 Å². The standard InChI is InChI=1S/C16H21N3O2/c1-10(2)19(5)14-9-7-6-8-13(14)18-16(20)15-11(3)21-12(4)17-15/h6-10H,1-5H3,(H,18,20). The van der Waals surface area contributed by atoms with E-state index in [0.29, 0.717) is 23.4 Å². The SMILES string of the molecule is Cc1nc(C(=O)Nc2ccccc2N(C)C(C)C)c(C)o1. The molecule has 5 nitrogen and oxygen atoms in total. The van der Waals surface area contributed by atoms with E-state index in [1.165, 1.54) is 0 Å². The minimum Gasteiger partial charge on any atom is -0.445 e. The van der Waals surface area contributed by atoms with Gasteiger partial charge >= 0.3 is 0 Å². The summed E-state index contributed by atoms with van der Waals surface area (Å²) < 4.78 is 5.31. The quantitative estimate of drug-likeness (QED) is 0.936. The normalized spacial score (nSPS) is 10.8. The minimum atomic E-state index is -0.256. The number of para-hydroxylation sites is 2. The van der Waals surface area contributed by atoms with Crippen molar-refractivity contribution in [2.45, 2.75) is 33.7 Å². The number of rotatable bonds is 4. The lowest BCUT2D eigenvalue weighted by Gasteiger charge is -2.26. The van der Waals surface area contributed by atoms with Crippen LogP contribution in [0.4, 0.5) is 11.4 Å². The fourth-order valence-corrected chi connectivity index (χ4v) is 2.09. The van der Waals surface area contributed by atoms with Crippen molar-refractivity contribution >= 4 is 17.3 Å². The van der Waals surface area contributed by atoms with E-state index < -0.39 is 0 Å². The molecule has 21 heavy (non-hydrogen) atoms. The lowest BCUT2D eigenvalue weighted by atomic mass is 10.2. The molecule has 1 N–H and O–H groups in total. The summed E-state index contributed by atoms with van der Waals surface area (Å²) in [7, 11) is 2.00. The fraction of sp³-hybridized carbons (Fsp3) is 0.375. The van der Waals surface area contributed by atoms with Gasteiger partial charge in [-0.1, -0.05) is 12.1 Å². The Labute approximate surface area is 125 Å². The summed E-state index contributed by atoms with van der Waals surface area (Å²) in [5.41, 5.74) is 2.06. The van der Waals surface area contributed by atoms with E-state index in [2.05, 4.69) is 29.0 Å². The van der Waals surface area contributed by atoms with Gasteiger partial charge in [0.25, 0.3) is 5.91 Å². The van der Waals surface area contributed by atoms with Crippen LogP contribution in [0.5, 0.6) is 0 Å². The van der Waals surface area contributed by atoms with Crippen LogP contribution in [0.1, 0.15) is 36.0 Å². The molecule has 0 atom stereocenters. The van der Waals surface area contributed by atoms with Gasteiger partial charge in [-0.05, 0) is 32.9 Å². The van der Waals surface area contributed by atoms with Crippen molar-refractivity contribution < 1.29 is 9.21 Å². The largest absolute Gasteiger partial charge is 0.445 e. The summed E-state index contributed by atoms with van der Waals surface area (Å²) in [6.07, 6.45) is 0. The summed E-state index contributed by atoms with van der Waals surface area (Å²) in [5, 5.41) is 2.91. The molecule has 0 radical (unpaired) electrons. The van der Waals surface area contributed by atoms with Crippen LogP contribution in [0.25, 0.3) is 0 Å². The lowest BCUT2D eigenvalue weighted by Crippen LogP contribution is -2.27. The third kappa shape index (κ3) is 3.24. The molecule has 1 aromatic carbocycles. The molecule has 2 aromatic rings. The number of anilines is 2. The van der Waals surface area contributed by atoms with Crippen molar-refractivity contribution in [3.8, 4) is 0 Å². The molecular weight excluding hydrogens is 266 g/mol. The van der Waals surface area contributed by atoms with E-state index >= 15 is 0 Å². The molecule has 2 rings (SSSR count). The molecule has 1 heterocycles. The number of carbonyl (C=O) groups is 1. The van der Waals surface area contributed by atoms with E-state index in [1.54, 1.807) is 13.8 Å². The molecule has 0 saturated heterocycles. The van der Waals surface area contributed by atoms with Gasteiger partial charge < -0.3 is 14.6 Å². The second-order valence-corrected chi connectivity index (χ2v) is 5.31. The number of nitrogens with one attached hydrogen (secondary N) is 1. The van der Waals surface area contributed by atoms with E-state index in [0.717, 1.165) is 11.4 Å². The van der Waals surface area contributed by atoms with Gasteiger partial charge in [0.2, 0.25) is 0 Å². The van der Waals surface area contributed by atoms with Crippen LogP contribution in [0.15, 0.2) is 28.7 Å². The lowest BCUT2D eigenvalue weighted by molar-refractivity contribution is 0.102.